The van der Waals surface area contributed by atoms with Crippen LogP contribution in [-0.4, -0.2) is 15.2 Å². The molecule has 0 saturated heterocycles. The van der Waals surface area contributed by atoms with Crippen molar-refractivity contribution < 1.29 is 0 Å². The zero-order valence-corrected chi connectivity index (χ0v) is 9.78. The predicted molar refractivity (Wildman–Crippen MR) is 64.3 cm³/mol. The largest absolute Gasteiger partial charge is 0.377 e. The van der Waals surface area contributed by atoms with Crippen LogP contribution in [0.4, 0.5) is 5.69 Å². The molecule has 84 valence electrons. The Bertz CT molecular complexity index is 475. The van der Waals surface area contributed by atoms with Crippen LogP contribution in [0.3, 0.4) is 0 Å². The minimum absolute atomic E-state index is 0.224. The van der Waals surface area contributed by atoms with Crippen molar-refractivity contribution in [3.63, 3.8) is 0 Å². The summed E-state index contributed by atoms with van der Waals surface area (Å²) >= 11 is 0. The molecule has 0 fully saturated rings. The van der Waals surface area contributed by atoms with Crippen molar-refractivity contribution in [1.29, 1.82) is 0 Å². The van der Waals surface area contributed by atoms with Crippen LogP contribution in [-0.2, 0) is 0 Å². The molecule has 4 heteroatoms. The summed E-state index contributed by atoms with van der Waals surface area (Å²) in [4.78, 5) is 4.16. The van der Waals surface area contributed by atoms with Crippen LogP contribution in [0.5, 0.6) is 0 Å². The standard InChI is InChI=1S/C12H16N4/c1-8-4-11(6-13-5-8)15-9(2)12-7-14-16-10(12)3/h4-7,9,15H,1-3H3,(H,14,16). The van der Waals surface area contributed by atoms with E-state index in [0.717, 1.165) is 16.9 Å². The third kappa shape index (κ3) is 2.21. The number of pyridine rings is 1. The first-order chi connectivity index (χ1) is 7.66. The third-order valence-electron chi connectivity index (χ3n) is 2.59. The summed E-state index contributed by atoms with van der Waals surface area (Å²) < 4.78 is 0. The number of H-pyrrole nitrogens is 1. The molecule has 1 unspecified atom stereocenters. The lowest BCUT2D eigenvalue weighted by Crippen LogP contribution is -2.07. The minimum Gasteiger partial charge on any atom is -0.377 e. The summed E-state index contributed by atoms with van der Waals surface area (Å²) in [5, 5.41) is 10.4. The van der Waals surface area contributed by atoms with Crippen molar-refractivity contribution in [3.05, 3.63) is 41.5 Å². The number of hydrogen-bond donors (Lipinski definition) is 2. The summed E-state index contributed by atoms with van der Waals surface area (Å²) in [6.07, 6.45) is 5.54. The average molecular weight is 216 g/mol. The number of aromatic nitrogens is 3. The molecule has 2 rings (SSSR count). The van der Waals surface area contributed by atoms with E-state index in [1.165, 1.54) is 5.56 Å². The van der Waals surface area contributed by atoms with Crippen molar-refractivity contribution >= 4 is 5.69 Å². The smallest absolute Gasteiger partial charge is 0.0542 e. The summed E-state index contributed by atoms with van der Waals surface area (Å²) in [5.41, 5.74) is 4.47. The highest BCUT2D eigenvalue weighted by molar-refractivity contribution is 5.45. The van der Waals surface area contributed by atoms with Crippen LogP contribution in [0.25, 0.3) is 0 Å². The molecule has 0 spiro atoms. The maximum absolute atomic E-state index is 4.16. The lowest BCUT2D eigenvalue weighted by molar-refractivity contribution is 0.872. The molecular formula is C12H16N4. The van der Waals surface area contributed by atoms with Gasteiger partial charge in [0.25, 0.3) is 0 Å². The summed E-state index contributed by atoms with van der Waals surface area (Å²) in [7, 11) is 0. The summed E-state index contributed by atoms with van der Waals surface area (Å²) in [5.74, 6) is 0. The molecule has 0 aliphatic rings. The first-order valence-corrected chi connectivity index (χ1v) is 5.35. The van der Waals surface area contributed by atoms with Crippen molar-refractivity contribution in [3.8, 4) is 0 Å². The lowest BCUT2D eigenvalue weighted by atomic mass is 10.1. The van der Waals surface area contributed by atoms with Gasteiger partial charge in [0.1, 0.15) is 0 Å². The fourth-order valence-corrected chi connectivity index (χ4v) is 1.76. The third-order valence-corrected chi connectivity index (χ3v) is 2.59. The molecular weight excluding hydrogens is 200 g/mol. The first kappa shape index (κ1) is 10.7. The second-order valence-corrected chi connectivity index (χ2v) is 4.07. The second kappa shape index (κ2) is 4.35. The van der Waals surface area contributed by atoms with Gasteiger partial charge in [-0.3, -0.25) is 10.1 Å². The van der Waals surface area contributed by atoms with Crippen molar-refractivity contribution in [1.82, 2.24) is 15.2 Å². The number of aromatic amines is 1. The van der Waals surface area contributed by atoms with E-state index in [2.05, 4.69) is 33.5 Å². The molecule has 1 atom stereocenters. The topological polar surface area (TPSA) is 53.6 Å². The van der Waals surface area contributed by atoms with Gasteiger partial charge in [0.05, 0.1) is 17.9 Å². The van der Waals surface area contributed by atoms with Gasteiger partial charge in [-0.15, -0.1) is 0 Å². The first-order valence-electron chi connectivity index (χ1n) is 5.35. The van der Waals surface area contributed by atoms with E-state index < -0.39 is 0 Å². The molecule has 0 amide bonds. The van der Waals surface area contributed by atoms with Crippen LogP contribution in [0.2, 0.25) is 0 Å². The van der Waals surface area contributed by atoms with Gasteiger partial charge < -0.3 is 5.32 Å². The van der Waals surface area contributed by atoms with Gasteiger partial charge in [-0.25, -0.2) is 0 Å². The summed E-state index contributed by atoms with van der Waals surface area (Å²) in [6, 6.07) is 2.31. The molecule has 0 radical (unpaired) electrons. The molecule has 16 heavy (non-hydrogen) atoms. The van der Waals surface area contributed by atoms with E-state index in [-0.39, 0.29) is 6.04 Å². The van der Waals surface area contributed by atoms with Gasteiger partial charge in [-0.1, -0.05) is 0 Å². The van der Waals surface area contributed by atoms with Crippen molar-refractivity contribution in [2.45, 2.75) is 26.8 Å². The Morgan fingerprint density at radius 2 is 2.06 bits per heavy atom. The normalized spacial score (nSPS) is 12.4. The van der Waals surface area contributed by atoms with Gasteiger partial charge in [0.15, 0.2) is 0 Å². The van der Waals surface area contributed by atoms with Crippen LogP contribution >= 0.6 is 0 Å². The minimum atomic E-state index is 0.224. The number of aryl methyl sites for hydroxylation is 2. The van der Waals surface area contributed by atoms with Crippen LogP contribution in [0, 0.1) is 13.8 Å². The van der Waals surface area contributed by atoms with E-state index in [4.69, 9.17) is 0 Å². The van der Waals surface area contributed by atoms with Gasteiger partial charge in [0.2, 0.25) is 0 Å². The number of hydrogen-bond acceptors (Lipinski definition) is 3. The Morgan fingerprint density at radius 3 is 2.69 bits per heavy atom. The van der Waals surface area contributed by atoms with Crippen LogP contribution in [0.1, 0.15) is 29.8 Å². The lowest BCUT2D eigenvalue weighted by Gasteiger charge is -2.14. The van der Waals surface area contributed by atoms with Crippen molar-refractivity contribution in [2.75, 3.05) is 5.32 Å². The quantitative estimate of drug-likeness (QED) is 0.829. The summed E-state index contributed by atoms with van der Waals surface area (Å²) in [6.45, 7) is 6.17. The highest BCUT2D eigenvalue weighted by atomic mass is 15.1. The van der Waals surface area contributed by atoms with Gasteiger partial charge in [-0.2, -0.15) is 5.10 Å². The highest BCUT2D eigenvalue weighted by Gasteiger charge is 2.09. The molecule has 2 aromatic rings. The Hall–Kier alpha value is -1.84. The fraction of sp³-hybridized carbons (Fsp3) is 0.333. The SMILES string of the molecule is Cc1cncc(NC(C)c2cn[nH]c2C)c1. The molecule has 0 aliphatic heterocycles. The number of nitrogens with one attached hydrogen (secondary N) is 2. The number of anilines is 1. The second-order valence-electron chi connectivity index (χ2n) is 4.07. The molecule has 0 aromatic carbocycles. The molecule has 0 bridgehead atoms. The Morgan fingerprint density at radius 1 is 1.25 bits per heavy atom. The molecule has 0 aliphatic carbocycles. The van der Waals surface area contributed by atoms with E-state index >= 15 is 0 Å². The Kier molecular flexibility index (Phi) is 2.90. The zero-order chi connectivity index (χ0) is 11.5. The maximum atomic E-state index is 4.16. The zero-order valence-electron chi connectivity index (χ0n) is 9.78. The molecule has 2 aromatic heterocycles. The number of nitrogens with zero attached hydrogens (tertiary/aromatic N) is 2. The van der Waals surface area contributed by atoms with Crippen LogP contribution < -0.4 is 5.32 Å². The fourth-order valence-electron chi connectivity index (χ4n) is 1.76. The van der Waals surface area contributed by atoms with Crippen molar-refractivity contribution in [2.24, 2.45) is 0 Å². The van der Waals surface area contributed by atoms with E-state index in [0.29, 0.717) is 0 Å². The predicted octanol–water partition coefficient (Wildman–Crippen LogP) is 2.59. The van der Waals surface area contributed by atoms with E-state index in [1.54, 1.807) is 0 Å². The Labute approximate surface area is 95.1 Å². The molecule has 4 nitrogen and oxygen atoms in total. The van der Waals surface area contributed by atoms with E-state index in [9.17, 15) is 0 Å². The maximum Gasteiger partial charge on any atom is 0.0542 e. The Balaban J connectivity index is 2.14. The molecule has 0 saturated carbocycles. The van der Waals surface area contributed by atoms with Gasteiger partial charge in [-0.05, 0) is 32.4 Å². The monoisotopic (exact) mass is 216 g/mol. The molecule has 2 heterocycles. The van der Waals surface area contributed by atoms with Gasteiger partial charge in [0, 0.05) is 23.7 Å². The number of rotatable bonds is 3. The highest BCUT2D eigenvalue weighted by Crippen LogP contribution is 2.20. The molecule has 2 N–H and O–H groups in total. The average Bonchev–Trinajstić information content (AvgIpc) is 2.64. The van der Waals surface area contributed by atoms with Gasteiger partial charge >= 0.3 is 0 Å². The van der Waals surface area contributed by atoms with E-state index in [1.807, 2.05) is 32.4 Å². The van der Waals surface area contributed by atoms with Crippen LogP contribution in [0.15, 0.2) is 24.7 Å².